The molecule has 4 rings (SSSR count). The number of aromatic nitrogens is 1. The van der Waals surface area contributed by atoms with Crippen molar-refractivity contribution in [1.82, 2.24) is 4.57 Å². The van der Waals surface area contributed by atoms with Crippen LogP contribution in [0.1, 0.15) is 17.0 Å². The second kappa shape index (κ2) is 6.46. The first-order chi connectivity index (χ1) is 13.0. The molecule has 3 aromatic rings. The first kappa shape index (κ1) is 17.1. The number of hydrogen-bond acceptors (Lipinski definition) is 5. The molecule has 0 amide bonds. The molecule has 1 aromatic heterocycles. The van der Waals surface area contributed by atoms with E-state index < -0.39 is 23.8 Å². The minimum atomic E-state index is -1.07. The molecule has 0 radical (unpaired) electrons. The van der Waals surface area contributed by atoms with E-state index in [9.17, 15) is 9.59 Å². The molecule has 1 aliphatic heterocycles. The first-order valence-electron chi connectivity index (χ1n) is 8.56. The van der Waals surface area contributed by atoms with Crippen molar-refractivity contribution in [3.8, 4) is 11.5 Å². The molecule has 2 atom stereocenters. The molecule has 1 aliphatic rings. The lowest BCUT2D eigenvalue weighted by Crippen LogP contribution is -2.38. The van der Waals surface area contributed by atoms with Gasteiger partial charge in [-0.25, -0.2) is 0 Å². The van der Waals surface area contributed by atoms with Crippen LogP contribution in [0.4, 0.5) is 0 Å². The molecule has 0 fully saturated rings. The van der Waals surface area contributed by atoms with Crippen molar-refractivity contribution in [3.05, 3.63) is 59.8 Å². The Labute approximate surface area is 156 Å². The lowest BCUT2D eigenvalue weighted by molar-refractivity contribution is -0.157. The van der Waals surface area contributed by atoms with Gasteiger partial charge in [-0.2, -0.15) is 0 Å². The lowest BCUT2D eigenvalue weighted by Gasteiger charge is -2.30. The number of esters is 2. The molecule has 0 unspecified atom stereocenters. The van der Waals surface area contributed by atoms with Gasteiger partial charge in [0, 0.05) is 35.6 Å². The van der Waals surface area contributed by atoms with Gasteiger partial charge in [0.1, 0.15) is 11.5 Å². The van der Waals surface area contributed by atoms with Gasteiger partial charge in [0.2, 0.25) is 0 Å². The number of hydrogen-bond donors (Lipinski definition) is 0. The molecule has 0 saturated carbocycles. The summed E-state index contributed by atoms with van der Waals surface area (Å²) in [5, 5.41) is 0.917. The molecule has 0 saturated heterocycles. The fourth-order valence-corrected chi connectivity index (χ4v) is 3.80. The Bertz CT molecular complexity index is 1050. The highest BCUT2D eigenvalue weighted by Crippen LogP contribution is 2.45. The number of methoxy groups -OCH3 is 2. The molecule has 0 aliphatic carbocycles. The monoisotopic (exact) mass is 365 g/mol. The van der Waals surface area contributed by atoms with Gasteiger partial charge in [0.15, 0.2) is 5.92 Å². The van der Waals surface area contributed by atoms with E-state index in [1.165, 1.54) is 7.11 Å². The molecule has 2 aromatic carbocycles. The normalized spacial score (nSPS) is 18.7. The van der Waals surface area contributed by atoms with Crippen LogP contribution in [0.5, 0.6) is 11.5 Å². The number of carbonyl (C=O) groups is 2. The second-order valence-corrected chi connectivity index (χ2v) is 6.52. The zero-order valence-electron chi connectivity index (χ0n) is 15.3. The van der Waals surface area contributed by atoms with Gasteiger partial charge in [-0.1, -0.05) is 18.2 Å². The van der Waals surface area contributed by atoms with Crippen LogP contribution >= 0.6 is 0 Å². The molecule has 138 valence electrons. The summed E-state index contributed by atoms with van der Waals surface area (Å²) in [5.41, 5.74) is 2.61. The van der Waals surface area contributed by atoms with Crippen LogP contribution in [0.3, 0.4) is 0 Å². The Balaban J connectivity index is 2.00. The van der Waals surface area contributed by atoms with Crippen LogP contribution < -0.4 is 9.47 Å². The summed E-state index contributed by atoms with van der Waals surface area (Å²) in [7, 11) is 4.81. The summed E-state index contributed by atoms with van der Waals surface area (Å²) >= 11 is 0. The van der Waals surface area contributed by atoms with Crippen LogP contribution in [0.2, 0.25) is 0 Å². The Hall–Kier alpha value is -3.28. The summed E-state index contributed by atoms with van der Waals surface area (Å²) < 4.78 is 17.7. The van der Waals surface area contributed by atoms with Gasteiger partial charge < -0.3 is 18.8 Å². The van der Waals surface area contributed by atoms with Gasteiger partial charge in [-0.05, 0) is 29.8 Å². The van der Waals surface area contributed by atoms with E-state index in [1.54, 1.807) is 19.2 Å². The molecular formula is C21H19NO5. The van der Waals surface area contributed by atoms with E-state index in [0.717, 1.165) is 22.0 Å². The van der Waals surface area contributed by atoms with E-state index in [4.69, 9.17) is 14.2 Å². The molecule has 0 bridgehead atoms. The van der Waals surface area contributed by atoms with Gasteiger partial charge >= 0.3 is 11.9 Å². The highest BCUT2D eigenvalue weighted by molar-refractivity contribution is 6.00. The second-order valence-electron chi connectivity index (χ2n) is 6.52. The van der Waals surface area contributed by atoms with Gasteiger partial charge in [-0.3, -0.25) is 9.59 Å². The third-order valence-corrected chi connectivity index (χ3v) is 5.07. The maximum Gasteiger partial charge on any atom is 0.326 e. The van der Waals surface area contributed by atoms with Crippen LogP contribution in [0.25, 0.3) is 10.9 Å². The average Bonchev–Trinajstić information content (AvgIpc) is 3.01. The number of rotatable bonds is 3. The highest BCUT2D eigenvalue weighted by Gasteiger charge is 2.45. The Morgan fingerprint density at radius 3 is 2.63 bits per heavy atom. The molecule has 2 heterocycles. The first-order valence-corrected chi connectivity index (χ1v) is 8.56. The maximum atomic E-state index is 12.7. The summed E-state index contributed by atoms with van der Waals surface area (Å²) in [6.45, 7) is 0. The summed E-state index contributed by atoms with van der Waals surface area (Å²) in [6.07, 6.45) is 1.94. The van der Waals surface area contributed by atoms with Crippen molar-refractivity contribution in [2.45, 2.75) is 5.92 Å². The third-order valence-electron chi connectivity index (χ3n) is 5.07. The number of para-hydroxylation sites is 1. The highest BCUT2D eigenvalue weighted by atomic mass is 16.6. The zero-order valence-corrected chi connectivity index (χ0v) is 15.3. The molecule has 0 N–H and O–H groups in total. The fraction of sp³-hybridized carbons (Fsp3) is 0.238. The van der Waals surface area contributed by atoms with Crippen LogP contribution in [-0.4, -0.2) is 30.7 Å². The largest absolute Gasteiger partial charge is 0.497 e. The predicted octanol–water partition coefficient (Wildman–Crippen LogP) is 3.03. The number of fused-ring (bicyclic) bond motifs is 2. The predicted molar refractivity (Wildman–Crippen MR) is 98.9 cm³/mol. The standard InChI is InChI=1S/C21H19NO5/c1-22-11-15(14-10-12(25-2)8-9-16(14)22)18-13-6-4-5-7-17(13)27-21(24)19(18)20(23)26-3/h4-11,18-19H,1-3H3/t18-,19+/m0/s1. The van der Waals surface area contributed by atoms with E-state index in [1.807, 2.05) is 48.1 Å². The number of benzene rings is 2. The van der Waals surface area contributed by atoms with Crippen molar-refractivity contribution in [3.63, 3.8) is 0 Å². The molecule has 0 spiro atoms. The number of carbonyl (C=O) groups excluding carboxylic acids is 2. The summed E-state index contributed by atoms with van der Waals surface area (Å²) in [5.74, 6) is -1.62. The zero-order chi connectivity index (χ0) is 19.1. The Morgan fingerprint density at radius 1 is 1.11 bits per heavy atom. The molecule has 6 nitrogen and oxygen atoms in total. The van der Waals surface area contributed by atoms with Gasteiger partial charge in [-0.15, -0.1) is 0 Å². The Morgan fingerprint density at radius 2 is 1.89 bits per heavy atom. The minimum Gasteiger partial charge on any atom is -0.497 e. The molecule has 6 heteroatoms. The fourth-order valence-electron chi connectivity index (χ4n) is 3.80. The molecule has 27 heavy (non-hydrogen) atoms. The van der Waals surface area contributed by atoms with Crippen LogP contribution in [-0.2, 0) is 21.4 Å². The van der Waals surface area contributed by atoms with Crippen LogP contribution in [0.15, 0.2) is 48.7 Å². The molecular weight excluding hydrogens is 346 g/mol. The van der Waals surface area contributed by atoms with E-state index in [2.05, 4.69) is 0 Å². The van der Waals surface area contributed by atoms with E-state index in [0.29, 0.717) is 11.5 Å². The smallest absolute Gasteiger partial charge is 0.326 e. The third kappa shape index (κ3) is 2.65. The number of aryl methyl sites for hydroxylation is 1. The van der Waals surface area contributed by atoms with E-state index >= 15 is 0 Å². The summed E-state index contributed by atoms with van der Waals surface area (Å²) in [6, 6.07) is 13.0. The van der Waals surface area contributed by atoms with E-state index in [-0.39, 0.29) is 0 Å². The van der Waals surface area contributed by atoms with Gasteiger partial charge in [0.05, 0.1) is 14.2 Å². The van der Waals surface area contributed by atoms with Crippen molar-refractivity contribution >= 4 is 22.8 Å². The van der Waals surface area contributed by atoms with Crippen molar-refractivity contribution in [2.75, 3.05) is 14.2 Å². The number of ether oxygens (including phenoxy) is 3. The van der Waals surface area contributed by atoms with Crippen LogP contribution in [0, 0.1) is 5.92 Å². The maximum absolute atomic E-state index is 12.7. The lowest BCUT2D eigenvalue weighted by atomic mass is 9.78. The van der Waals surface area contributed by atoms with Gasteiger partial charge in [0.25, 0.3) is 0 Å². The van der Waals surface area contributed by atoms with Crippen molar-refractivity contribution < 1.29 is 23.8 Å². The topological polar surface area (TPSA) is 66.8 Å². The SMILES string of the molecule is COC(=O)[C@@H]1C(=O)Oc2ccccc2[C@H]1c1cn(C)c2ccc(OC)cc12. The van der Waals surface area contributed by atoms with Crippen molar-refractivity contribution in [2.24, 2.45) is 13.0 Å². The number of nitrogens with zero attached hydrogens (tertiary/aromatic N) is 1. The summed E-state index contributed by atoms with van der Waals surface area (Å²) in [4.78, 5) is 25.1. The average molecular weight is 365 g/mol. The Kier molecular flexibility index (Phi) is 4.11. The van der Waals surface area contributed by atoms with Crippen molar-refractivity contribution in [1.29, 1.82) is 0 Å². The minimum absolute atomic E-state index is 0.465. The quantitative estimate of drug-likeness (QED) is 0.405.